The first kappa shape index (κ1) is 22.2. The van der Waals surface area contributed by atoms with Crippen LogP contribution in [-0.4, -0.2) is 23.6 Å². The molecule has 0 aliphatic carbocycles. The summed E-state index contributed by atoms with van der Waals surface area (Å²) in [6.07, 6.45) is 0. The van der Waals surface area contributed by atoms with Gasteiger partial charge in [-0.2, -0.15) is 0 Å². The summed E-state index contributed by atoms with van der Waals surface area (Å²) in [4.78, 5) is 24.6. The van der Waals surface area contributed by atoms with Crippen LogP contribution in [0.15, 0.2) is 71.5 Å². The van der Waals surface area contributed by atoms with Crippen molar-refractivity contribution in [3.05, 3.63) is 94.2 Å². The third kappa shape index (κ3) is 4.62. The van der Waals surface area contributed by atoms with Gasteiger partial charge in [0.25, 0.3) is 0 Å². The van der Waals surface area contributed by atoms with Crippen LogP contribution in [0.1, 0.15) is 17.3 Å². The largest absolute Gasteiger partial charge is 0.490 e. The van der Waals surface area contributed by atoms with Gasteiger partial charge < -0.3 is 14.0 Å². The van der Waals surface area contributed by atoms with Gasteiger partial charge >= 0.3 is 0 Å². The highest BCUT2D eigenvalue weighted by molar-refractivity contribution is 5.94. The molecule has 7 heteroatoms. The number of rotatable bonds is 7. The Labute approximate surface area is 188 Å². The minimum absolute atomic E-state index is 0.0368. The van der Waals surface area contributed by atoms with Crippen molar-refractivity contribution in [2.75, 3.05) is 13.2 Å². The van der Waals surface area contributed by atoms with E-state index in [0.29, 0.717) is 33.5 Å². The molecule has 168 valence electrons. The molecule has 0 saturated carbocycles. The second kappa shape index (κ2) is 9.24. The number of carbonyl (C=O) groups excluding carboxylic acids is 1. The zero-order valence-corrected chi connectivity index (χ0v) is 18.1. The SMILES string of the molecule is CC(=O)c1ccc(OCCOc2c(-c3ccc(F)cc3)n(C)c3cc(F)ccc3c2=O)cc1. The molecule has 33 heavy (non-hydrogen) atoms. The van der Waals surface area contributed by atoms with Gasteiger partial charge in [0.15, 0.2) is 11.5 Å². The van der Waals surface area contributed by atoms with E-state index in [-0.39, 0.29) is 24.7 Å². The van der Waals surface area contributed by atoms with Crippen LogP contribution >= 0.6 is 0 Å². The number of pyridine rings is 1. The fraction of sp³-hybridized carbons (Fsp3) is 0.154. The molecule has 0 saturated heterocycles. The molecule has 3 aromatic carbocycles. The number of nitrogens with zero attached hydrogens (tertiary/aromatic N) is 1. The average Bonchev–Trinajstić information content (AvgIpc) is 2.81. The van der Waals surface area contributed by atoms with E-state index < -0.39 is 17.1 Å². The lowest BCUT2D eigenvalue weighted by atomic mass is 10.1. The summed E-state index contributed by atoms with van der Waals surface area (Å²) in [5, 5.41) is 0.306. The van der Waals surface area contributed by atoms with Crippen molar-refractivity contribution in [2.45, 2.75) is 6.92 Å². The van der Waals surface area contributed by atoms with Gasteiger partial charge in [-0.05, 0) is 73.7 Å². The first-order valence-corrected chi connectivity index (χ1v) is 10.3. The number of ketones is 1. The lowest BCUT2D eigenvalue weighted by Gasteiger charge is -2.18. The van der Waals surface area contributed by atoms with Crippen LogP contribution < -0.4 is 14.9 Å². The lowest BCUT2D eigenvalue weighted by molar-refractivity contribution is 0.101. The van der Waals surface area contributed by atoms with Crippen LogP contribution in [0.25, 0.3) is 22.2 Å². The maximum absolute atomic E-state index is 13.9. The van der Waals surface area contributed by atoms with Gasteiger partial charge in [-0.1, -0.05) is 0 Å². The maximum Gasteiger partial charge on any atom is 0.231 e. The topological polar surface area (TPSA) is 57.5 Å². The van der Waals surface area contributed by atoms with E-state index in [1.54, 1.807) is 35.9 Å². The van der Waals surface area contributed by atoms with E-state index in [2.05, 4.69) is 0 Å². The van der Waals surface area contributed by atoms with Gasteiger partial charge in [0.1, 0.15) is 30.6 Å². The minimum atomic E-state index is -0.472. The molecule has 0 unspecified atom stereocenters. The molecule has 0 fully saturated rings. The molecule has 0 aliphatic heterocycles. The number of halogens is 2. The predicted molar refractivity (Wildman–Crippen MR) is 122 cm³/mol. The molecule has 0 aliphatic rings. The van der Waals surface area contributed by atoms with E-state index >= 15 is 0 Å². The number of aromatic nitrogens is 1. The zero-order valence-electron chi connectivity index (χ0n) is 18.1. The molecule has 1 heterocycles. The third-order valence-electron chi connectivity index (χ3n) is 5.30. The van der Waals surface area contributed by atoms with Crippen molar-refractivity contribution >= 4 is 16.7 Å². The van der Waals surface area contributed by atoms with Crippen LogP contribution in [0.4, 0.5) is 8.78 Å². The Bertz CT molecular complexity index is 1380. The van der Waals surface area contributed by atoms with Crippen LogP contribution in [-0.2, 0) is 7.05 Å². The number of hydrogen-bond acceptors (Lipinski definition) is 4. The van der Waals surface area contributed by atoms with Gasteiger partial charge in [0.2, 0.25) is 5.43 Å². The molecule has 4 rings (SSSR count). The number of carbonyl (C=O) groups is 1. The van der Waals surface area contributed by atoms with Crippen molar-refractivity contribution in [3.8, 4) is 22.8 Å². The van der Waals surface area contributed by atoms with E-state index in [1.165, 1.54) is 49.4 Å². The fourth-order valence-electron chi connectivity index (χ4n) is 3.63. The molecular weight excluding hydrogens is 428 g/mol. The summed E-state index contributed by atoms with van der Waals surface area (Å²) in [6, 6.07) is 16.3. The highest BCUT2D eigenvalue weighted by atomic mass is 19.1. The third-order valence-corrected chi connectivity index (χ3v) is 5.30. The standard InChI is InChI=1S/C26H21F2NO4/c1-16(30)17-5-10-21(11-6-17)32-13-14-33-26-24(18-3-7-19(27)8-4-18)29(2)23-15-20(28)9-12-22(23)25(26)31/h3-12,15H,13-14H2,1-2H3. The van der Waals surface area contributed by atoms with Crippen molar-refractivity contribution in [1.29, 1.82) is 0 Å². The Morgan fingerprint density at radius 1 is 0.879 bits per heavy atom. The van der Waals surface area contributed by atoms with Gasteiger partial charge in [-0.15, -0.1) is 0 Å². The molecule has 0 bridgehead atoms. The molecule has 0 atom stereocenters. The number of Topliss-reactive ketones (excluding diaryl/α,β-unsaturated/α-hetero) is 1. The summed E-state index contributed by atoms with van der Waals surface area (Å²) in [7, 11) is 1.69. The van der Waals surface area contributed by atoms with Crippen molar-refractivity contribution < 1.29 is 23.0 Å². The number of fused-ring (bicyclic) bond motifs is 1. The predicted octanol–water partition coefficient (Wildman–Crippen LogP) is 5.14. The molecule has 1 aromatic heterocycles. The van der Waals surface area contributed by atoms with Gasteiger partial charge in [0.05, 0.1) is 11.2 Å². The Balaban J connectivity index is 1.64. The van der Waals surface area contributed by atoms with Gasteiger partial charge in [-0.3, -0.25) is 9.59 Å². The molecule has 0 N–H and O–H groups in total. The first-order chi connectivity index (χ1) is 15.8. The smallest absolute Gasteiger partial charge is 0.231 e. The molecule has 0 spiro atoms. The van der Waals surface area contributed by atoms with Crippen LogP contribution in [0.3, 0.4) is 0 Å². The fourth-order valence-corrected chi connectivity index (χ4v) is 3.63. The lowest BCUT2D eigenvalue weighted by Crippen LogP contribution is -2.18. The summed E-state index contributed by atoms with van der Waals surface area (Å²) < 4.78 is 40.5. The van der Waals surface area contributed by atoms with Gasteiger partial charge in [-0.25, -0.2) is 8.78 Å². The number of benzene rings is 3. The van der Waals surface area contributed by atoms with Crippen molar-refractivity contribution in [3.63, 3.8) is 0 Å². The first-order valence-electron chi connectivity index (χ1n) is 10.3. The molecular formula is C26H21F2NO4. The molecule has 4 aromatic rings. The number of aryl methyl sites for hydroxylation is 1. The normalized spacial score (nSPS) is 10.9. The maximum atomic E-state index is 13.9. The summed E-state index contributed by atoms with van der Waals surface area (Å²) in [5.74, 6) is -0.295. The highest BCUT2D eigenvalue weighted by Crippen LogP contribution is 2.31. The second-order valence-corrected chi connectivity index (χ2v) is 7.51. The molecule has 5 nitrogen and oxygen atoms in total. The second-order valence-electron chi connectivity index (χ2n) is 7.51. The minimum Gasteiger partial charge on any atom is -0.490 e. The Morgan fingerprint density at radius 2 is 1.52 bits per heavy atom. The number of hydrogen-bond donors (Lipinski definition) is 0. The summed E-state index contributed by atoms with van der Waals surface area (Å²) in [5.41, 5.74) is 1.54. The van der Waals surface area contributed by atoms with Crippen LogP contribution in [0.2, 0.25) is 0 Å². The van der Waals surface area contributed by atoms with Crippen LogP contribution in [0, 0.1) is 11.6 Å². The van der Waals surface area contributed by atoms with Gasteiger partial charge in [0, 0.05) is 23.6 Å². The van der Waals surface area contributed by atoms with Crippen molar-refractivity contribution in [1.82, 2.24) is 4.57 Å². The highest BCUT2D eigenvalue weighted by Gasteiger charge is 2.19. The molecule has 0 amide bonds. The zero-order chi connectivity index (χ0) is 23.5. The van der Waals surface area contributed by atoms with E-state index in [0.717, 1.165) is 0 Å². The van der Waals surface area contributed by atoms with Crippen LogP contribution in [0.5, 0.6) is 11.5 Å². The summed E-state index contributed by atoms with van der Waals surface area (Å²) >= 11 is 0. The van der Waals surface area contributed by atoms with E-state index in [9.17, 15) is 18.4 Å². The Morgan fingerprint density at radius 3 is 2.18 bits per heavy atom. The molecule has 0 radical (unpaired) electrons. The summed E-state index contributed by atoms with van der Waals surface area (Å²) in [6.45, 7) is 1.69. The Kier molecular flexibility index (Phi) is 6.22. The monoisotopic (exact) mass is 449 g/mol. The van der Waals surface area contributed by atoms with E-state index in [1.807, 2.05) is 0 Å². The van der Waals surface area contributed by atoms with E-state index in [4.69, 9.17) is 9.47 Å². The average molecular weight is 449 g/mol. The Hall–Kier alpha value is -4.00. The number of ether oxygens (including phenoxy) is 2. The van der Waals surface area contributed by atoms with Crippen molar-refractivity contribution in [2.24, 2.45) is 7.05 Å². The quantitative estimate of drug-likeness (QED) is 0.289.